The first-order chi connectivity index (χ1) is 9.56. The first-order valence-electron chi connectivity index (χ1n) is 8.01. The van der Waals surface area contributed by atoms with E-state index < -0.39 is 0 Å². The summed E-state index contributed by atoms with van der Waals surface area (Å²) in [5, 5.41) is 10.5. The normalized spacial score (nSPS) is 23.1. The Balaban J connectivity index is 1.73. The number of fused-ring (bicyclic) bond motifs is 1. The molecule has 110 valence electrons. The minimum Gasteiger partial charge on any atom is -0.492 e. The zero-order valence-electron chi connectivity index (χ0n) is 12.7. The van der Waals surface area contributed by atoms with Crippen LogP contribution in [0.4, 0.5) is 0 Å². The molecule has 1 aliphatic heterocycles. The van der Waals surface area contributed by atoms with Gasteiger partial charge in [-0.05, 0) is 30.0 Å². The molecular weight excluding hydrogens is 248 g/mol. The highest BCUT2D eigenvalue weighted by Gasteiger charge is 2.32. The van der Waals surface area contributed by atoms with Gasteiger partial charge in [-0.3, -0.25) is 0 Å². The van der Waals surface area contributed by atoms with Gasteiger partial charge in [-0.25, -0.2) is 0 Å². The third-order valence-corrected chi connectivity index (χ3v) is 4.99. The molecule has 0 aromatic heterocycles. The number of hydrogen-bond acceptors (Lipinski definition) is 2. The van der Waals surface area contributed by atoms with Crippen molar-refractivity contribution in [2.24, 2.45) is 5.92 Å². The lowest BCUT2D eigenvalue weighted by Gasteiger charge is -2.24. The van der Waals surface area contributed by atoms with Crippen molar-refractivity contribution < 1.29 is 9.84 Å². The molecule has 1 fully saturated rings. The molecule has 3 rings (SSSR count). The minimum atomic E-state index is -0.320. The van der Waals surface area contributed by atoms with Gasteiger partial charge in [0.1, 0.15) is 5.75 Å². The average molecular weight is 274 g/mol. The van der Waals surface area contributed by atoms with Crippen LogP contribution in [0.3, 0.4) is 0 Å². The van der Waals surface area contributed by atoms with Gasteiger partial charge in [0.15, 0.2) is 0 Å². The van der Waals surface area contributed by atoms with Crippen LogP contribution in [0.1, 0.15) is 69.6 Å². The van der Waals surface area contributed by atoms with E-state index in [0.29, 0.717) is 5.92 Å². The Kier molecular flexibility index (Phi) is 3.76. The minimum absolute atomic E-state index is 0.0654. The zero-order valence-corrected chi connectivity index (χ0v) is 12.7. The first kappa shape index (κ1) is 13.9. The SMILES string of the molecule is CC1(C)COc2ccc(C(O)CC3CCCCC3)cc21. The van der Waals surface area contributed by atoms with E-state index in [2.05, 4.69) is 19.9 Å². The zero-order chi connectivity index (χ0) is 14.2. The fourth-order valence-corrected chi connectivity index (χ4v) is 3.62. The second kappa shape index (κ2) is 5.40. The summed E-state index contributed by atoms with van der Waals surface area (Å²) in [6.45, 7) is 5.15. The molecule has 1 aromatic carbocycles. The third kappa shape index (κ3) is 2.71. The lowest BCUT2D eigenvalue weighted by atomic mass is 9.82. The molecule has 0 amide bonds. The van der Waals surface area contributed by atoms with Crippen LogP contribution in [0.5, 0.6) is 5.75 Å². The molecule has 0 spiro atoms. The summed E-state index contributed by atoms with van der Waals surface area (Å²) < 4.78 is 5.72. The van der Waals surface area contributed by atoms with Crippen LogP contribution in [-0.2, 0) is 5.41 Å². The van der Waals surface area contributed by atoms with Gasteiger partial charge in [-0.15, -0.1) is 0 Å². The van der Waals surface area contributed by atoms with Crippen molar-refractivity contribution in [3.8, 4) is 5.75 Å². The van der Waals surface area contributed by atoms with Gasteiger partial charge in [0.05, 0.1) is 12.7 Å². The lowest BCUT2D eigenvalue weighted by molar-refractivity contribution is 0.131. The standard InChI is InChI=1S/C18H26O2/c1-18(2)12-20-17-9-8-14(11-15(17)18)16(19)10-13-6-4-3-5-7-13/h8-9,11,13,16,19H,3-7,10,12H2,1-2H3. The number of hydrogen-bond donors (Lipinski definition) is 1. The highest BCUT2D eigenvalue weighted by molar-refractivity contribution is 5.45. The van der Waals surface area contributed by atoms with E-state index in [9.17, 15) is 5.11 Å². The average Bonchev–Trinajstić information content (AvgIpc) is 2.75. The topological polar surface area (TPSA) is 29.5 Å². The summed E-state index contributed by atoms with van der Waals surface area (Å²) >= 11 is 0. The number of rotatable bonds is 3. The van der Waals surface area contributed by atoms with Crippen molar-refractivity contribution in [2.75, 3.05) is 6.61 Å². The van der Waals surface area contributed by atoms with Gasteiger partial charge in [0.25, 0.3) is 0 Å². The van der Waals surface area contributed by atoms with Crippen molar-refractivity contribution in [2.45, 2.75) is 63.9 Å². The van der Waals surface area contributed by atoms with Gasteiger partial charge in [0, 0.05) is 11.0 Å². The molecule has 2 aliphatic rings. The van der Waals surface area contributed by atoms with E-state index >= 15 is 0 Å². The molecule has 0 bridgehead atoms. The molecule has 2 nitrogen and oxygen atoms in total. The molecule has 0 saturated heterocycles. The summed E-state index contributed by atoms with van der Waals surface area (Å²) in [6.07, 6.45) is 7.22. The number of ether oxygens (including phenoxy) is 1. The van der Waals surface area contributed by atoms with Crippen molar-refractivity contribution in [1.29, 1.82) is 0 Å². The Morgan fingerprint density at radius 2 is 2.00 bits per heavy atom. The predicted octanol–water partition coefficient (Wildman–Crippen LogP) is 4.36. The molecule has 1 heterocycles. The first-order valence-corrected chi connectivity index (χ1v) is 8.01. The molecule has 1 unspecified atom stereocenters. The molecule has 1 aromatic rings. The van der Waals surface area contributed by atoms with E-state index in [0.717, 1.165) is 24.3 Å². The third-order valence-electron chi connectivity index (χ3n) is 4.99. The van der Waals surface area contributed by atoms with Crippen LogP contribution in [0.25, 0.3) is 0 Å². The fourth-order valence-electron chi connectivity index (χ4n) is 3.62. The maximum Gasteiger partial charge on any atom is 0.123 e. The summed E-state index contributed by atoms with van der Waals surface area (Å²) in [6, 6.07) is 6.23. The number of aliphatic hydroxyl groups excluding tert-OH is 1. The van der Waals surface area contributed by atoms with Crippen molar-refractivity contribution in [1.82, 2.24) is 0 Å². The van der Waals surface area contributed by atoms with E-state index in [1.165, 1.54) is 37.7 Å². The second-order valence-electron chi connectivity index (χ2n) is 7.18. The molecule has 1 saturated carbocycles. The van der Waals surface area contributed by atoms with Gasteiger partial charge < -0.3 is 9.84 Å². The van der Waals surface area contributed by atoms with Crippen molar-refractivity contribution in [3.63, 3.8) is 0 Å². The van der Waals surface area contributed by atoms with Gasteiger partial charge >= 0.3 is 0 Å². The Labute approximate surface area is 122 Å². The molecular formula is C18H26O2. The molecule has 2 heteroatoms. The van der Waals surface area contributed by atoms with E-state index in [1.807, 2.05) is 12.1 Å². The predicted molar refractivity (Wildman–Crippen MR) is 81.1 cm³/mol. The highest BCUT2D eigenvalue weighted by atomic mass is 16.5. The largest absolute Gasteiger partial charge is 0.492 e. The Morgan fingerprint density at radius 3 is 2.75 bits per heavy atom. The monoisotopic (exact) mass is 274 g/mol. The lowest BCUT2D eigenvalue weighted by Crippen LogP contribution is -2.18. The number of benzene rings is 1. The molecule has 1 N–H and O–H groups in total. The maximum atomic E-state index is 10.5. The smallest absolute Gasteiger partial charge is 0.123 e. The second-order valence-corrected chi connectivity index (χ2v) is 7.18. The van der Waals surface area contributed by atoms with E-state index in [1.54, 1.807) is 0 Å². The Hall–Kier alpha value is -1.02. The van der Waals surface area contributed by atoms with Crippen LogP contribution in [0.15, 0.2) is 18.2 Å². The van der Waals surface area contributed by atoms with Crippen LogP contribution in [0.2, 0.25) is 0 Å². The summed E-state index contributed by atoms with van der Waals surface area (Å²) in [5.41, 5.74) is 2.38. The molecule has 0 radical (unpaired) electrons. The summed E-state index contributed by atoms with van der Waals surface area (Å²) in [4.78, 5) is 0. The summed E-state index contributed by atoms with van der Waals surface area (Å²) in [7, 11) is 0. The fraction of sp³-hybridized carbons (Fsp3) is 0.667. The quantitative estimate of drug-likeness (QED) is 0.887. The van der Waals surface area contributed by atoms with Gasteiger partial charge in [0.2, 0.25) is 0 Å². The number of aliphatic hydroxyl groups is 1. The highest BCUT2D eigenvalue weighted by Crippen LogP contribution is 2.40. The van der Waals surface area contributed by atoms with Crippen molar-refractivity contribution in [3.05, 3.63) is 29.3 Å². The Morgan fingerprint density at radius 1 is 1.25 bits per heavy atom. The van der Waals surface area contributed by atoms with Crippen LogP contribution >= 0.6 is 0 Å². The van der Waals surface area contributed by atoms with Gasteiger partial charge in [-0.1, -0.05) is 52.0 Å². The van der Waals surface area contributed by atoms with Gasteiger partial charge in [-0.2, -0.15) is 0 Å². The molecule has 1 atom stereocenters. The maximum absolute atomic E-state index is 10.5. The summed E-state index contributed by atoms with van der Waals surface area (Å²) in [5.74, 6) is 1.69. The van der Waals surface area contributed by atoms with E-state index in [4.69, 9.17) is 4.74 Å². The molecule has 1 aliphatic carbocycles. The Bertz CT molecular complexity index is 472. The van der Waals surface area contributed by atoms with Crippen LogP contribution in [-0.4, -0.2) is 11.7 Å². The van der Waals surface area contributed by atoms with Crippen LogP contribution in [0, 0.1) is 5.92 Å². The van der Waals surface area contributed by atoms with Crippen molar-refractivity contribution >= 4 is 0 Å². The van der Waals surface area contributed by atoms with Crippen LogP contribution < -0.4 is 4.74 Å². The van der Waals surface area contributed by atoms with E-state index in [-0.39, 0.29) is 11.5 Å². The molecule has 20 heavy (non-hydrogen) atoms.